The Balaban J connectivity index is 0. The van der Waals surface area contributed by atoms with Crippen LogP contribution < -0.4 is 0 Å². The van der Waals surface area contributed by atoms with E-state index in [1.54, 1.807) is 19.1 Å². The van der Waals surface area contributed by atoms with Gasteiger partial charge in [-0.2, -0.15) is 0 Å². The number of hydrogen-bond donors (Lipinski definition) is 0. The minimum Gasteiger partial charge on any atom is -0.295 e. The third-order valence-electron chi connectivity index (χ3n) is 1.25. The number of ketones is 1. The first kappa shape index (κ1) is 15.8. The minimum absolute atomic E-state index is 0.104. The first-order valence-electron chi connectivity index (χ1n) is 4.96. The highest BCUT2D eigenvalue weighted by Crippen LogP contribution is 2.10. The second kappa shape index (κ2) is 10.5. The van der Waals surface area contributed by atoms with Gasteiger partial charge in [-0.05, 0) is 19.1 Å². The van der Waals surface area contributed by atoms with E-state index in [2.05, 4.69) is 15.9 Å². The van der Waals surface area contributed by atoms with Crippen molar-refractivity contribution >= 4 is 21.7 Å². The maximum absolute atomic E-state index is 10.7. The number of rotatable bonds is 1. The molecule has 0 radical (unpaired) electrons. The van der Waals surface area contributed by atoms with E-state index in [-0.39, 0.29) is 5.78 Å². The van der Waals surface area contributed by atoms with E-state index < -0.39 is 0 Å². The van der Waals surface area contributed by atoms with Crippen LogP contribution >= 0.6 is 15.9 Å². The van der Waals surface area contributed by atoms with Crippen molar-refractivity contribution in [3.05, 3.63) is 34.3 Å². The van der Waals surface area contributed by atoms with Crippen LogP contribution in [0.1, 0.15) is 45.0 Å². The summed E-state index contributed by atoms with van der Waals surface area (Å²) in [5, 5.41) is 0. The fourth-order valence-electron chi connectivity index (χ4n) is 0.685. The second-order valence-electron chi connectivity index (χ2n) is 2.06. The van der Waals surface area contributed by atoms with Crippen LogP contribution in [0.5, 0.6) is 0 Å². The molecule has 0 aliphatic carbocycles. The highest BCUT2D eigenvalue weighted by Gasteiger charge is 1.95. The summed E-state index contributed by atoms with van der Waals surface area (Å²) in [5.41, 5.74) is 0.753. The largest absolute Gasteiger partial charge is 0.295 e. The second-order valence-corrected chi connectivity index (χ2v) is 2.98. The summed E-state index contributed by atoms with van der Waals surface area (Å²) in [5.74, 6) is 0.104. The van der Waals surface area contributed by atoms with Crippen molar-refractivity contribution in [3.63, 3.8) is 0 Å². The maximum atomic E-state index is 10.7. The lowest BCUT2D eigenvalue weighted by molar-refractivity contribution is 0.101. The normalized spacial score (nSPS) is 7.57. The molecule has 0 atom stereocenters. The summed E-state index contributed by atoms with van der Waals surface area (Å²) < 4.78 is 0.998. The van der Waals surface area contributed by atoms with Gasteiger partial charge in [-0.3, -0.25) is 4.79 Å². The fourth-order valence-corrected chi connectivity index (χ4v) is 0.949. The molecule has 0 N–H and O–H groups in total. The van der Waals surface area contributed by atoms with Gasteiger partial charge < -0.3 is 0 Å². The molecule has 1 aromatic carbocycles. The zero-order valence-corrected chi connectivity index (χ0v) is 11.2. The SMILES string of the molecule is CC.CC.CC(=O)c1ccc(Br)cc1. The third-order valence-corrected chi connectivity index (χ3v) is 1.78. The Labute approximate surface area is 95.7 Å². The van der Waals surface area contributed by atoms with Crippen molar-refractivity contribution < 1.29 is 4.79 Å². The molecule has 1 rings (SSSR count). The van der Waals surface area contributed by atoms with Crippen molar-refractivity contribution in [2.24, 2.45) is 0 Å². The molecule has 0 heterocycles. The van der Waals surface area contributed by atoms with Crippen LogP contribution in [0.3, 0.4) is 0 Å². The van der Waals surface area contributed by atoms with Crippen molar-refractivity contribution in [1.29, 1.82) is 0 Å². The van der Waals surface area contributed by atoms with E-state index in [0.717, 1.165) is 10.0 Å². The molecule has 0 amide bonds. The molecule has 80 valence electrons. The topological polar surface area (TPSA) is 17.1 Å². The van der Waals surface area contributed by atoms with Gasteiger partial charge in [-0.1, -0.05) is 55.8 Å². The molecule has 1 aromatic rings. The standard InChI is InChI=1S/C8H7BrO.2C2H6/c1-6(10)7-2-4-8(9)5-3-7;2*1-2/h2-5H,1H3;2*1-2H3. The average Bonchev–Trinajstić information content (AvgIpc) is 2.24. The lowest BCUT2D eigenvalue weighted by atomic mass is 10.2. The zero-order chi connectivity index (χ0) is 11.6. The quantitative estimate of drug-likeness (QED) is 0.668. The molecule has 0 aliphatic heterocycles. The fraction of sp³-hybridized carbons (Fsp3) is 0.417. The first-order valence-corrected chi connectivity index (χ1v) is 5.76. The number of hydrogen-bond acceptors (Lipinski definition) is 1. The molecule has 1 nitrogen and oxygen atoms in total. The third kappa shape index (κ3) is 6.84. The molecule has 0 bridgehead atoms. The van der Waals surface area contributed by atoms with Gasteiger partial charge >= 0.3 is 0 Å². The summed E-state index contributed by atoms with van der Waals surface area (Å²) in [6, 6.07) is 7.31. The highest BCUT2D eigenvalue weighted by molar-refractivity contribution is 9.10. The van der Waals surface area contributed by atoms with E-state index in [0.29, 0.717) is 0 Å². The molecule has 0 unspecified atom stereocenters. The van der Waals surface area contributed by atoms with Crippen LogP contribution in [0.15, 0.2) is 28.7 Å². The van der Waals surface area contributed by atoms with Gasteiger partial charge in [0.15, 0.2) is 5.78 Å². The molecule has 2 heteroatoms. The van der Waals surface area contributed by atoms with Crippen molar-refractivity contribution in [3.8, 4) is 0 Å². The van der Waals surface area contributed by atoms with Crippen LogP contribution in [0, 0.1) is 0 Å². The molecule has 14 heavy (non-hydrogen) atoms. The average molecular weight is 259 g/mol. The van der Waals surface area contributed by atoms with Crippen molar-refractivity contribution in [1.82, 2.24) is 0 Å². The summed E-state index contributed by atoms with van der Waals surface area (Å²) in [6.07, 6.45) is 0. The summed E-state index contributed by atoms with van der Waals surface area (Å²) >= 11 is 3.28. The molecule has 0 aliphatic rings. The number of carbonyl (C=O) groups is 1. The Kier molecular flexibility index (Phi) is 11.8. The predicted molar refractivity (Wildman–Crippen MR) is 66.8 cm³/mol. The van der Waals surface area contributed by atoms with Crippen LogP contribution in [0.2, 0.25) is 0 Å². The van der Waals surface area contributed by atoms with Crippen LogP contribution in [0.25, 0.3) is 0 Å². The molecule has 0 spiro atoms. The van der Waals surface area contributed by atoms with E-state index in [1.165, 1.54) is 0 Å². The number of benzene rings is 1. The lowest BCUT2D eigenvalue weighted by Crippen LogP contribution is -1.89. The van der Waals surface area contributed by atoms with Gasteiger partial charge in [0, 0.05) is 10.0 Å². The Bertz CT molecular complexity index is 239. The molecular weight excluding hydrogens is 240 g/mol. The van der Waals surface area contributed by atoms with E-state index in [1.807, 2.05) is 39.8 Å². The van der Waals surface area contributed by atoms with Crippen LogP contribution in [0.4, 0.5) is 0 Å². The Morgan fingerprint density at radius 2 is 1.36 bits per heavy atom. The zero-order valence-electron chi connectivity index (χ0n) is 9.60. The Hall–Kier alpha value is -0.630. The molecule has 0 saturated heterocycles. The monoisotopic (exact) mass is 258 g/mol. The number of carbonyl (C=O) groups excluding carboxylic acids is 1. The summed E-state index contributed by atoms with van der Waals surface area (Å²) in [7, 11) is 0. The smallest absolute Gasteiger partial charge is 0.159 e. The van der Waals surface area contributed by atoms with Gasteiger partial charge in [0.2, 0.25) is 0 Å². The van der Waals surface area contributed by atoms with Crippen LogP contribution in [-0.2, 0) is 0 Å². The predicted octanol–water partition coefficient (Wildman–Crippen LogP) is 4.70. The lowest BCUT2D eigenvalue weighted by Gasteiger charge is -1.92. The summed E-state index contributed by atoms with van der Waals surface area (Å²) in [6.45, 7) is 9.56. The first-order chi connectivity index (χ1) is 6.70. The van der Waals surface area contributed by atoms with Gasteiger partial charge in [-0.15, -0.1) is 0 Å². The number of Topliss-reactive ketones (excluding diaryl/α,β-unsaturated/α-hetero) is 1. The van der Waals surface area contributed by atoms with Crippen molar-refractivity contribution in [2.45, 2.75) is 34.6 Å². The van der Waals surface area contributed by atoms with Crippen LogP contribution in [-0.4, -0.2) is 5.78 Å². The molecule has 0 saturated carbocycles. The Morgan fingerprint density at radius 3 is 1.64 bits per heavy atom. The summed E-state index contributed by atoms with van der Waals surface area (Å²) in [4.78, 5) is 10.7. The number of halogens is 1. The van der Waals surface area contributed by atoms with Crippen molar-refractivity contribution in [2.75, 3.05) is 0 Å². The van der Waals surface area contributed by atoms with Gasteiger partial charge in [0.1, 0.15) is 0 Å². The van der Waals surface area contributed by atoms with Gasteiger partial charge in [-0.25, -0.2) is 0 Å². The van der Waals surface area contributed by atoms with E-state index in [4.69, 9.17) is 0 Å². The van der Waals surface area contributed by atoms with E-state index in [9.17, 15) is 4.79 Å². The molecule has 0 aromatic heterocycles. The van der Waals surface area contributed by atoms with Gasteiger partial charge in [0.05, 0.1) is 0 Å². The molecule has 0 fully saturated rings. The van der Waals surface area contributed by atoms with Gasteiger partial charge in [0.25, 0.3) is 0 Å². The maximum Gasteiger partial charge on any atom is 0.159 e. The highest BCUT2D eigenvalue weighted by atomic mass is 79.9. The minimum atomic E-state index is 0.104. The Morgan fingerprint density at radius 1 is 1.00 bits per heavy atom. The van der Waals surface area contributed by atoms with E-state index >= 15 is 0 Å². The molecular formula is C12H19BrO.